The molecule has 2 rings (SSSR count). The van der Waals surface area contributed by atoms with Gasteiger partial charge < -0.3 is 0 Å². The predicted molar refractivity (Wildman–Crippen MR) is 85.4 cm³/mol. The monoisotopic (exact) mass is 364 g/mol. The summed E-state index contributed by atoms with van der Waals surface area (Å²) in [5.74, 6) is 0. The van der Waals surface area contributed by atoms with E-state index < -0.39 is 10.0 Å². The lowest BCUT2D eigenvalue weighted by molar-refractivity contribution is 0.601. The number of nitriles is 1. The second-order valence-corrected chi connectivity index (χ2v) is 7.09. The molecule has 0 aromatic heterocycles. The van der Waals surface area contributed by atoms with Crippen LogP contribution in [0.15, 0.2) is 51.8 Å². The van der Waals surface area contributed by atoms with Gasteiger partial charge in [-0.15, -0.1) is 0 Å². The van der Waals surface area contributed by atoms with E-state index in [1.807, 2.05) is 13.0 Å². The molecule has 1 N–H and O–H groups in total. The van der Waals surface area contributed by atoms with Crippen molar-refractivity contribution in [1.29, 1.82) is 5.26 Å². The van der Waals surface area contributed by atoms with E-state index >= 15 is 0 Å². The molecule has 0 saturated heterocycles. The number of hydrogen-bond donors (Lipinski definition) is 1. The summed E-state index contributed by atoms with van der Waals surface area (Å²) in [7, 11) is -3.62. The first-order valence-electron chi connectivity index (χ1n) is 6.17. The van der Waals surface area contributed by atoms with Crippen molar-refractivity contribution in [2.45, 2.75) is 18.2 Å². The third kappa shape index (κ3) is 3.84. The van der Waals surface area contributed by atoms with Gasteiger partial charge in [0.25, 0.3) is 10.0 Å². The summed E-state index contributed by atoms with van der Waals surface area (Å²) >= 11 is 3.37. The first kappa shape index (κ1) is 15.5. The highest BCUT2D eigenvalue weighted by Gasteiger charge is 2.14. The zero-order chi connectivity index (χ0) is 15.5. The maximum absolute atomic E-state index is 12.3. The molecule has 2 aromatic rings. The number of anilines is 1. The number of nitrogens with zero attached hydrogens (tertiary/aromatic N) is 1. The molecule has 0 aliphatic carbocycles. The van der Waals surface area contributed by atoms with Crippen LogP contribution in [-0.2, 0) is 16.4 Å². The van der Waals surface area contributed by atoms with Gasteiger partial charge in [0.15, 0.2) is 0 Å². The van der Waals surface area contributed by atoms with Crippen LogP contribution in [0.1, 0.15) is 11.1 Å². The van der Waals surface area contributed by atoms with Crippen LogP contribution in [0, 0.1) is 18.3 Å². The van der Waals surface area contributed by atoms with Gasteiger partial charge in [-0.3, -0.25) is 4.72 Å². The fourth-order valence-corrected chi connectivity index (χ4v) is 3.10. The quantitative estimate of drug-likeness (QED) is 0.900. The molecule has 0 aliphatic heterocycles. The topological polar surface area (TPSA) is 70.0 Å². The van der Waals surface area contributed by atoms with Crippen molar-refractivity contribution in [2.75, 3.05) is 4.72 Å². The summed E-state index contributed by atoms with van der Waals surface area (Å²) in [5.41, 5.74) is 2.24. The number of sulfonamides is 1. The van der Waals surface area contributed by atoms with Crippen molar-refractivity contribution in [1.82, 2.24) is 0 Å². The van der Waals surface area contributed by atoms with Gasteiger partial charge in [-0.25, -0.2) is 8.42 Å². The van der Waals surface area contributed by atoms with Crippen LogP contribution in [0.5, 0.6) is 0 Å². The molecule has 0 aliphatic rings. The first-order valence-corrected chi connectivity index (χ1v) is 8.45. The Morgan fingerprint density at radius 2 is 1.86 bits per heavy atom. The van der Waals surface area contributed by atoms with Crippen molar-refractivity contribution in [3.05, 3.63) is 58.1 Å². The molecule has 0 heterocycles. The van der Waals surface area contributed by atoms with Crippen LogP contribution >= 0.6 is 15.9 Å². The SMILES string of the molecule is Cc1cc(NS(=O)(=O)c2ccc(CC#N)cc2)ccc1Br. The van der Waals surface area contributed by atoms with Gasteiger partial charge in [0, 0.05) is 10.2 Å². The minimum absolute atomic E-state index is 0.171. The Kier molecular flexibility index (Phi) is 4.66. The number of benzene rings is 2. The molecule has 0 atom stereocenters. The Morgan fingerprint density at radius 1 is 1.19 bits per heavy atom. The standard InChI is InChI=1S/C15H13BrN2O2S/c1-11-10-13(4-7-15(11)16)18-21(19,20)14-5-2-12(3-6-14)8-9-17/h2-7,10,18H,8H2,1H3. The van der Waals surface area contributed by atoms with Crippen LogP contribution in [0.2, 0.25) is 0 Å². The second-order valence-electron chi connectivity index (χ2n) is 4.55. The number of halogens is 1. The lowest BCUT2D eigenvalue weighted by Gasteiger charge is -2.09. The van der Waals surface area contributed by atoms with Gasteiger partial charge in [-0.05, 0) is 48.4 Å². The highest BCUT2D eigenvalue weighted by atomic mass is 79.9. The number of aryl methyl sites for hydroxylation is 1. The van der Waals surface area contributed by atoms with Gasteiger partial charge >= 0.3 is 0 Å². The molecule has 0 radical (unpaired) electrons. The Bertz CT molecular complexity index is 793. The van der Waals surface area contributed by atoms with Crippen LogP contribution in [0.25, 0.3) is 0 Å². The summed E-state index contributed by atoms with van der Waals surface area (Å²) in [6.07, 6.45) is 0.264. The lowest BCUT2D eigenvalue weighted by Crippen LogP contribution is -2.13. The minimum Gasteiger partial charge on any atom is -0.280 e. The van der Waals surface area contributed by atoms with E-state index in [1.165, 1.54) is 12.1 Å². The molecule has 21 heavy (non-hydrogen) atoms. The summed E-state index contributed by atoms with van der Waals surface area (Å²) < 4.78 is 28.0. The van der Waals surface area contributed by atoms with Crippen molar-refractivity contribution < 1.29 is 8.42 Å². The largest absolute Gasteiger partial charge is 0.280 e. The van der Waals surface area contributed by atoms with E-state index in [0.29, 0.717) is 5.69 Å². The van der Waals surface area contributed by atoms with Crippen LogP contribution in [0.4, 0.5) is 5.69 Å². The Balaban J connectivity index is 2.25. The van der Waals surface area contributed by atoms with E-state index in [1.54, 1.807) is 30.3 Å². The van der Waals surface area contributed by atoms with Crippen molar-refractivity contribution in [2.24, 2.45) is 0 Å². The van der Waals surface area contributed by atoms with Gasteiger partial charge in [0.1, 0.15) is 0 Å². The molecular weight excluding hydrogens is 352 g/mol. The van der Waals surface area contributed by atoms with Crippen LogP contribution in [-0.4, -0.2) is 8.42 Å². The molecule has 0 bridgehead atoms. The van der Waals surface area contributed by atoms with E-state index in [9.17, 15) is 8.42 Å². The third-order valence-corrected chi connectivity index (χ3v) is 5.21. The highest BCUT2D eigenvalue weighted by molar-refractivity contribution is 9.10. The molecule has 0 saturated carbocycles. The zero-order valence-corrected chi connectivity index (χ0v) is 13.7. The van der Waals surface area contributed by atoms with Crippen LogP contribution in [0.3, 0.4) is 0 Å². The summed E-state index contributed by atoms with van der Waals surface area (Å²) in [6.45, 7) is 1.89. The van der Waals surface area contributed by atoms with Gasteiger partial charge in [-0.1, -0.05) is 28.1 Å². The van der Waals surface area contributed by atoms with Crippen molar-refractivity contribution in [3.63, 3.8) is 0 Å². The van der Waals surface area contributed by atoms with E-state index in [2.05, 4.69) is 20.7 Å². The maximum Gasteiger partial charge on any atom is 0.261 e. The van der Waals surface area contributed by atoms with E-state index in [-0.39, 0.29) is 11.3 Å². The first-order chi connectivity index (χ1) is 9.92. The number of rotatable bonds is 4. The average molecular weight is 365 g/mol. The molecule has 0 fully saturated rings. The molecule has 6 heteroatoms. The van der Waals surface area contributed by atoms with Crippen molar-refractivity contribution >= 4 is 31.6 Å². The Morgan fingerprint density at radius 3 is 2.43 bits per heavy atom. The average Bonchev–Trinajstić information content (AvgIpc) is 2.44. The molecular formula is C15H13BrN2O2S. The maximum atomic E-state index is 12.3. The molecule has 0 unspecified atom stereocenters. The molecule has 0 spiro atoms. The summed E-state index contributed by atoms with van der Waals surface area (Å²) in [6, 6.07) is 13.6. The van der Waals surface area contributed by atoms with Crippen molar-refractivity contribution in [3.8, 4) is 6.07 Å². The normalized spacial score (nSPS) is 10.9. The summed E-state index contributed by atoms with van der Waals surface area (Å²) in [5, 5.41) is 8.61. The van der Waals surface area contributed by atoms with Gasteiger partial charge in [0.05, 0.1) is 17.4 Å². The molecule has 2 aromatic carbocycles. The van der Waals surface area contributed by atoms with E-state index in [4.69, 9.17) is 5.26 Å². The van der Waals surface area contributed by atoms with Crippen LogP contribution < -0.4 is 4.72 Å². The molecule has 4 nitrogen and oxygen atoms in total. The fraction of sp³-hybridized carbons (Fsp3) is 0.133. The highest BCUT2D eigenvalue weighted by Crippen LogP contribution is 2.22. The summed E-state index contributed by atoms with van der Waals surface area (Å²) in [4.78, 5) is 0.171. The third-order valence-electron chi connectivity index (χ3n) is 2.93. The zero-order valence-electron chi connectivity index (χ0n) is 11.3. The minimum atomic E-state index is -3.62. The Hall–Kier alpha value is -1.84. The smallest absolute Gasteiger partial charge is 0.261 e. The van der Waals surface area contributed by atoms with Gasteiger partial charge in [0.2, 0.25) is 0 Å². The fourth-order valence-electron chi connectivity index (χ4n) is 1.80. The van der Waals surface area contributed by atoms with E-state index in [0.717, 1.165) is 15.6 Å². The number of nitrogens with one attached hydrogen (secondary N) is 1. The van der Waals surface area contributed by atoms with Gasteiger partial charge in [-0.2, -0.15) is 5.26 Å². The lowest BCUT2D eigenvalue weighted by atomic mass is 10.2. The predicted octanol–water partition coefficient (Wildman–Crippen LogP) is 3.62. The number of hydrogen-bond acceptors (Lipinski definition) is 3. The molecule has 0 amide bonds. The Labute approximate surface area is 132 Å². The molecule has 108 valence electrons. The second kappa shape index (κ2) is 6.29.